The van der Waals surface area contributed by atoms with Crippen LogP contribution in [0.4, 0.5) is 11.4 Å². The fourth-order valence-corrected chi connectivity index (χ4v) is 1.79. The Kier molecular flexibility index (Phi) is 4.39. The number of hydrogen-bond donors (Lipinski definition) is 1. The standard InChI is InChI=1S/C15H14BrN/c16-12-6-8-13-7-4-5-11-15(13)17-14-9-2-1-3-10-14/h1-11,17H,12H2. The lowest BCUT2D eigenvalue weighted by Crippen LogP contribution is -1.92. The monoisotopic (exact) mass is 287 g/mol. The third kappa shape index (κ3) is 3.46. The molecule has 0 bridgehead atoms. The van der Waals surface area contributed by atoms with Crippen molar-refractivity contribution < 1.29 is 0 Å². The Hall–Kier alpha value is -1.54. The maximum Gasteiger partial charge on any atom is 0.0457 e. The number of benzene rings is 2. The highest BCUT2D eigenvalue weighted by atomic mass is 79.9. The fraction of sp³-hybridized carbons (Fsp3) is 0.0667. The summed E-state index contributed by atoms with van der Waals surface area (Å²) in [5.74, 6) is 0. The van der Waals surface area contributed by atoms with Gasteiger partial charge in [0.2, 0.25) is 0 Å². The summed E-state index contributed by atoms with van der Waals surface area (Å²) in [6.07, 6.45) is 4.20. The molecule has 0 saturated heterocycles. The molecule has 0 unspecified atom stereocenters. The van der Waals surface area contributed by atoms with E-state index in [4.69, 9.17) is 0 Å². The Balaban J connectivity index is 2.23. The Labute approximate surface area is 110 Å². The van der Waals surface area contributed by atoms with Gasteiger partial charge in [-0.1, -0.05) is 64.5 Å². The Morgan fingerprint density at radius 1 is 0.941 bits per heavy atom. The molecule has 0 atom stereocenters. The van der Waals surface area contributed by atoms with Crippen LogP contribution in [0.3, 0.4) is 0 Å². The van der Waals surface area contributed by atoms with Crippen LogP contribution in [0.1, 0.15) is 5.56 Å². The second-order valence-corrected chi connectivity index (χ2v) is 4.28. The number of halogens is 1. The van der Waals surface area contributed by atoms with Crippen LogP contribution < -0.4 is 5.32 Å². The predicted octanol–water partition coefficient (Wildman–Crippen LogP) is 4.84. The van der Waals surface area contributed by atoms with Gasteiger partial charge in [0.1, 0.15) is 0 Å². The molecule has 0 saturated carbocycles. The van der Waals surface area contributed by atoms with Crippen LogP contribution in [-0.4, -0.2) is 5.33 Å². The summed E-state index contributed by atoms with van der Waals surface area (Å²) in [6.45, 7) is 0. The van der Waals surface area contributed by atoms with Gasteiger partial charge in [-0.15, -0.1) is 0 Å². The molecule has 2 aromatic rings. The van der Waals surface area contributed by atoms with Crippen LogP contribution in [0.2, 0.25) is 0 Å². The van der Waals surface area contributed by atoms with Gasteiger partial charge >= 0.3 is 0 Å². The summed E-state index contributed by atoms with van der Waals surface area (Å²) in [6, 6.07) is 18.5. The van der Waals surface area contributed by atoms with Crippen LogP contribution in [0.25, 0.3) is 6.08 Å². The molecule has 86 valence electrons. The Morgan fingerprint density at radius 3 is 2.41 bits per heavy atom. The molecular formula is C15H14BrN. The first kappa shape index (κ1) is 11.9. The van der Waals surface area contributed by atoms with Crippen LogP contribution in [0.5, 0.6) is 0 Å². The van der Waals surface area contributed by atoms with Crippen molar-refractivity contribution in [2.45, 2.75) is 0 Å². The zero-order valence-corrected chi connectivity index (χ0v) is 11.0. The molecule has 0 heterocycles. The van der Waals surface area contributed by atoms with E-state index in [2.05, 4.69) is 57.7 Å². The van der Waals surface area contributed by atoms with Crippen molar-refractivity contribution in [3.05, 3.63) is 66.2 Å². The highest BCUT2D eigenvalue weighted by Crippen LogP contribution is 2.21. The molecule has 2 aromatic carbocycles. The topological polar surface area (TPSA) is 12.0 Å². The minimum absolute atomic E-state index is 0.868. The van der Waals surface area contributed by atoms with Crippen molar-refractivity contribution in [2.75, 3.05) is 10.6 Å². The normalized spacial score (nSPS) is 10.6. The molecule has 2 heteroatoms. The van der Waals surface area contributed by atoms with Gasteiger partial charge in [0.15, 0.2) is 0 Å². The van der Waals surface area contributed by atoms with E-state index in [-0.39, 0.29) is 0 Å². The predicted molar refractivity (Wildman–Crippen MR) is 79.0 cm³/mol. The maximum absolute atomic E-state index is 3.41. The zero-order valence-electron chi connectivity index (χ0n) is 9.44. The third-order valence-corrected chi connectivity index (χ3v) is 2.77. The third-order valence-electron chi connectivity index (χ3n) is 2.40. The summed E-state index contributed by atoms with van der Waals surface area (Å²) in [4.78, 5) is 0. The summed E-state index contributed by atoms with van der Waals surface area (Å²) in [5, 5.41) is 4.28. The minimum atomic E-state index is 0.868. The van der Waals surface area contributed by atoms with E-state index in [9.17, 15) is 0 Å². The van der Waals surface area contributed by atoms with Gasteiger partial charge in [0.25, 0.3) is 0 Å². The summed E-state index contributed by atoms with van der Waals surface area (Å²) in [5.41, 5.74) is 3.42. The molecule has 0 spiro atoms. The molecule has 2 rings (SSSR count). The molecule has 0 fully saturated rings. The van der Waals surface area contributed by atoms with Gasteiger partial charge in [-0.3, -0.25) is 0 Å². The minimum Gasteiger partial charge on any atom is -0.355 e. The van der Waals surface area contributed by atoms with Gasteiger partial charge < -0.3 is 5.32 Å². The van der Waals surface area contributed by atoms with Crippen molar-refractivity contribution in [3.63, 3.8) is 0 Å². The van der Waals surface area contributed by atoms with E-state index >= 15 is 0 Å². The number of nitrogens with one attached hydrogen (secondary N) is 1. The van der Waals surface area contributed by atoms with Crippen molar-refractivity contribution >= 4 is 33.4 Å². The first-order valence-electron chi connectivity index (χ1n) is 5.54. The molecule has 1 nitrogen and oxygen atoms in total. The maximum atomic E-state index is 3.41. The van der Waals surface area contributed by atoms with Crippen molar-refractivity contribution in [1.82, 2.24) is 0 Å². The number of anilines is 2. The van der Waals surface area contributed by atoms with Crippen molar-refractivity contribution in [1.29, 1.82) is 0 Å². The van der Waals surface area contributed by atoms with Crippen LogP contribution in [-0.2, 0) is 0 Å². The van der Waals surface area contributed by atoms with Gasteiger partial charge in [0, 0.05) is 16.7 Å². The lowest BCUT2D eigenvalue weighted by molar-refractivity contribution is 1.53. The second-order valence-electron chi connectivity index (χ2n) is 3.63. The molecule has 0 amide bonds. The van der Waals surface area contributed by atoms with E-state index in [0.29, 0.717) is 0 Å². The van der Waals surface area contributed by atoms with Crippen molar-refractivity contribution in [3.8, 4) is 0 Å². The van der Waals surface area contributed by atoms with Gasteiger partial charge in [-0.05, 0) is 23.8 Å². The lowest BCUT2D eigenvalue weighted by atomic mass is 10.1. The number of alkyl halides is 1. The van der Waals surface area contributed by atoms with Gasteiger partial charge in [-0.2, -0.15) is 0 Å². The smallest absolute Gasteiger partial charge is 0.0457 e. The van der Waals surface area contributed by atoms with E-state index < -0.39 is 0 Å². The number of rotatable bonds is 4. The first-order chi connectivity index (χ1) is 8.40. The summed E-state index contributed by atoms with van der Waals surface area (Å²) < 4.78 is 0. The van der Waals surface area contributed by atoms with Crippen LogP contribution >= 0.6 is 15.9 Å². The van der Waals surface area contributed by atoms with Crippen LogP contribution in [0, 0.1) is 0 Å². The number of hydrogen-bond acceptors (Lipinski definition) is 1. The molecule has 0 aliphatic carbocycles. The van der Waals surface area contributed by atoms with Crippen molar-refractivity contribution in [2.24, 2.45) is 0 Å². The summed E-state index contributed by atoms with van der Waals surface area (Å²) >= 11 is 3.39. The van der Waals surface area contributed by atoms with E-state index in [1.807, 2.05) is 30.3 Å². The Morgan fingerprint density at radius 2 is 1.65 bits per heavy atom. The number of para-hydroxylation sites is 2. The lowest BCUT2D eigenvalue weighted by Gasteiger charge is -2.09. The Bertz CT molecular complexity index is 491. The first-order valence-corrected chi connectivity index (χ1v) is 6.66. The summed E-state index contributed by atoms with van der Waals surface area (Å²) in [7, 11) is 0. The number of allylic oxidation sites excluding steroid dienone is 1. The van der Waals surface area contributed by atoms with E-state index in [1.54, 1.807) is 0 Å². The largest absolute Gasteiger partial charge is 0.355 e. The SMILES string of the molecule is BrCC=Cc1ccccc1Nc1ccccc1. The highest BCUT2D eigenvalue weighted by Gasteiger charge is 1.98. The van der Waals surface area contributed by atoms with Crippen LogP contribution in [0.15, 0.2) is 60.7 Å². The van der Waals surface area contributed by atoms with Gasteiger partial charge in [-0.25, -0.2) is 0 Å². The molecule has 0 radical (unpaired) electrons. The second kappa shape index (κ2) is 6.26. The highest BCUT2D eigenvalue weighted by molar-refractivity contribution is 9.09. The molecule has 17 heavy (non-hydrogen) atoms. The zero-order chi connectivity index (χ0) is 11.9. The fourth-order valence-electron chi connectivity index (χ4n) is 1.60. The average Bonchev–Trinajstić information content (AvgIpc) is 2.39. The van der Waals surface area contributed by atoms with E-state index in [1.165, 1.54) is 5.56 Å². The average molecular weight is 288 g/mol. The molecule has 0 aromatic heterocycles. The quantitative estimate of drug-likeness (QED) is 0.794. The molecule has 0 aliphatic rings. The molecule has 1 N–H and O–H groups in total. The van der Waals surface area contributed by atoms with E-state index in [0.717, 1.165) is 16.7 Å². The molecular weight excluding hydrogens is 274 g/mol. The molecule has 0 aliphatic heterocycles. The van der Waals surface area contributed by atoms with Gasteiger partial charge in [0.05, 0.1) is 0 Å².